The van der Waals surface area contributed by atoms with Gasteiger partial charge in [-0.2, -0.15) is 15.0 Å². The van der Waals surface area contributed by atoms with Gasteiger partial charge in [0.05, 0.1) is 6.61 Å². The van der Waals surface area contributed by atoms with E-state index in [1.54, 1.807) is 0 Å². The Bertz CT molecular complexity index is 486. The molecule has 21 heavy (non-hydrogen) atoms. The SMILES string of the molecule is OCC1(CNc2nc(Cl)nc(N3CCCC3)n2)CCCC1. The minimum atomic E-state index is -0.0348. The van der Waals surface area contributed by atoms with E-state index in [-0.39, 0.29) is 17.3 Å². The van der Waals surface area contributed by atoms with Gasteiger partial charge in [-0.25, -0.2) is 0 Å². The Morgan fingerprint density at radius 1 is 1.10 bits per heavy atom. The normalized spacial score (nSPS) is 21.0. The highest BCUT2D eigenvalue weighted by molar-refractivity contribution is 6.28. The molecule has 7 heteroatoms. The molecule has 2 fully saturated rings. The summed E-state index contributed by atoms with van der Waals surface area (Å²) >= 11 is 6.01. The Morgan fingerprint density at radius 2 is 1.81 bits per heavy atom. The number of nitrogens with one attached hydrogen (secondary N) is 1. The molecule has 116 valence electrons. The van der Waals surface area contributed by atoms with Crippen LogP contribution in [0.15, 0.2) is 0 Å². The van der Waals surface area contributed by atoms with E-state index in [1.165, 1.54) is 25.7 Å². The summed E-state index contributed by atoms with van der Waals surface area (Å²) in [4.78, 5) is 15.0. The van der Waals surface area contributed by atoms with Crippen LogP contribution in [0.4, 0.5) is 11.9 Å². The molecule has 1 saturated heterocycles. The minimum Gasteiger partial charge on any atom is -0.396 e. The summed E-state index contributed by atoms with van der Waals surface area (Å²) in [7, 11) is 0. The molecule has 3 rings (SSSR count). The molecule has 0 aromatic carbocycles. The third-order valence-corrected chi connectivity index (χ3v) is 4.78. The van der Waals surface area contributed by atoms with Crippen molar-refractivity contribution in [3.8, 4) is 0 Å². The zero-order valence-electron chi connectivity index (χ0n) is 12.2. The van der Waals surface area contributed by atoms with Crippen LogP contribution in [0, 0.1) is 5.41 Å². The first-order valence-corrected chi connectivity index (χ1v) is 8.10. The largest absolute Gasteiger partial charge is 0.396 e. The second-order valence-electron chi connectivity index (χ2n) is 6.14. The number of halogens is 1. The maximum Gasteiger partial charge on any atom is 0.231 e. The zero-order valence-corrected chi connectivity index (χ0v) is 12.9. The van der Waals surface area contributed by atoms with E-state index < -0.39 is 0 Å². The lowest BCUT2D eigenvalue weighted by Crippen LogP contribution is -2.31. The molecule has 1 saturated carbocycles. The number of rotatable bonds is 5. The molecule has 2 N–H and O–H groups in total. The predicted molar refractivity (Wildman–Crippen MR) is 82.8 cm³/mol. The zero-order chi connectivity index (χ0) is 14.7. The van der Waals surface area contributed by atoms with Crippen molar-refractivity contribution >= 4 is 23.5 Å². The van der Waals surface area contributed by atoms with Crippen molar-refractivity contribution in [1.82, 2.24) is 15.0 Å². The monoisotopic (exact) mass is 311 g/mol. The van der Waals surface area contributed by atoms with Gasteiger partial charge in [0, 0.05) is 25.0 Å². The number of aromatic nitrogens is 3. The average molecular weight is 312 g/mol. The number of nitrogens with zero attached hydrogens (tertiary/aromatic N) is 4. The van der Waals surface area contributed by atoms with Crippen molar-refractivity contribution in [2.75, 3.05) is 36.5 Å². The first-order valence-electron chi connectivity index (χ1n) is 7.72. The third-order valence-electron chi connectivity index (χ3n) is 4.61. The van der Waals surface area contributed by atoms with Crippen LogP contribution in [-0.4, -0.2) is 46.3 Å². The molecule has 0 amide bonds. The van der Waals surface area contributed by atoms with Crippen LogP contribution < -0.4 is 10.2 Å². The highest BCUT2D eigenvalue weighted by Gasteiger charge is 2.33. The van der Waals surface area contributed by atoms with Crippen LogP contribution in [0.1, 0.15) is 38.5 Å². The van der Waals surface area contributed by atoms with Gasteiger partial charge in [-0.1, -0.05) is 12.8 Å². The fourth-order valence-corrected chi connectivity index (χ4v) is 3.42. The first kappa shape index (κ1) is 14.8. The molecule has 2 heterocycles. The van der Waals surface area contributed by atoms with E-state index in [4.69, 9.17) is 11.6 Å². The molecule has 1 aliphatic carbocycles. The number of hydrogen-bond donors (Lipinski definition) is 2. The fourth-order valence-electron chi connectivity index (χ4n) is 3.26. The van der Waals surface area contributed by atoms with Gasteiger partial charge in [0.2, 0.25) is 17.2 Å². The summed E-state index contributed by atoms with van der Waals surface area (Å²) in [5.74, 6) is 1.16. The van der Waals surface area contributed by atoms with E-state index in [9.17, 15) is 5.11 Å². The van der Waals surface area contributed by atoms with Crippen LogP contribution in [0.2, 0.25) is 5.28 Å². The molecule has 0 bridgehead atoms. The van der Waals surface area contributed by atoms with Gasteiger partial charge in [0.1, 0.15) is 0 Å². The van der Waals surface area contributed by atoms with Gasteiger partial charge in [-0.05, 0) is 37.3 Å². The lowest BCUT2D eigenvalue weighted by Gasteiger charge is -2.26. The fraction of sp³-hybridized carbons (Fsp3) is 0.786. The Morgan fingerprint density at radius 3 is 2.48 bits per heavy atom. The second kappa shape index (κ2) is 6.32. The van der Waals surface area contributed by atoms with Crippen molar-refractivity contribution in [3.05, 3.63) is 5.28 Å². The molecule has 6 nitrogen and oxygen atoms in total. The van der Waals surface area contributed by atoms with Crippen LogP contribution >= 0.6 is 11.6 Å². The van der Waals surface area contributed by atoms with Gasteiger partial charge >= 0.3 is 0 Å². The summed E-state index contributed by atoms with van der Waals surface area (Å²) in [6.07, 6.45) is 6.79. The number of hydrogen-bond acceptors (Lipinski definition) is 6. The molecule has 0 atom stereocenters. The first-order chi connectivity index (χ1) is 10.2. The van der Waals surface area contributed by atoms with Gasteiger partial charge in [-0.15, -0.1) is 0 Å². The summed E-state index contributed by atoms with van der Waals surface area (Å²) in [5.41, 5.74) is -0.0348. The summed E-state index contributed by atoms with van der Waals surface area (Å²) in [6.45, 7) is 2.84. The van der Waals surface area contributed by atoms with Crippen molar-refractivity contribution in [2.24, 2.45) is 5.41 Å². The maximum atomic E-state index is 9.65. The maximum absolute atomic E-state index is 9.65. The number of aliphatic hydroxyl groups excluding tert-OH is 1. The smallest absolute Gasteiger partial charge is 0.231 e. The highest BCUT2D eigenvalue weighted by Crippen LogP contribution is 2.37. The molecule has 2 aliphatic rings. The third kappa shape index (κ3) is 3.37. The Labute approximate surface area is 130 Å². The Hall–Kier alpha value is -1.14. The van der Waals surface area contributed by atoms with E-state index in [0.717, 1.165) is 25.9 Å². The lowest BCUT2D eigenvalue weighted by atomic mass is 9.87. The molecule has 1 aromatic heterocycles. The molecule has 0 unspecified atom stereocenters. The van der Waals surface area contributed by atoms with Crippen molar-refractivity contribution in [1.29, 1.82) is 0 Å². The van der Waals surface area contributed by atoms with Crippen LogP contribution in [0.3, 0.4) is 0 Å². The summed E-state index contributed by atoms with van der Waals surface area (Å²) < 4.78 is 0. The van der Waals surface area contributed by atoms with Gasteiger partial charge < -0.3 is 15.3 Å². The van der Waals surface area contributed by atoms with Gasteiger partial charge in [0.25, 0.3) is 0 Å². The van der Waals surface area contributed by atoms with Crippen LogP contribution in [0.25, 0.3) is 0 Å². The topological polar surface area (TPSA) is 74.2 Å². The predicted octanol–water partition coefficient (Wildman–Crippen LogP) is 2.09. The van der Waals surface area contributed by atoms with Gasteiger partial charge in [0.15, 0.2) is 0 Å². The Kier molecular flexibility index (Phi) is 4.45. The Balaban J connectivity index is 1.70. The molecule has 0 radical (unpaired) electrons. The van der Waals surface area contributed by atoms with E-state index >= 15 is 0 Å². The quantitative estimate of drug-likeness (QED) is 0.867. The van der Waals surface area contributed by atoms with E-state index in [0.29, 0.717) is 18.4 Å². The molecular weight excluding hydrogens is 290 g/mol. The van der Waals surface area contributed by atoms with E-state index in [2.05, 4.69) is 25.2 Å². The standard InChI is InChI=1S/C14H22ClN5O/c15-11-17-12(16-9-14(10-21)5-1-2-6-14)19-13(18-11)20-7-3-4-8-20/h21H,1-10H2,(H,16,17,18,19). The van der Waals surface area contributed by atoms with E-state index in [1.807, 2.05) is 0 Å². The second-order valence-corrected chi connectivity index (χ2v) is 6.48. The van der Waals surface area contributed by atoms with Crippen molar-refractivity contribution in [2.45, 2.75) is 38.5 Å². The van der Waals surface area contributed by atoms with Crippen molar-refractivity contribution in [3.63, 3.8) is 0 Å². The van der Waals surface area contributed by atoms with Crippen molar-refractivity contribution < 1.29 is 5.11 Å². The molecular formula is C14H22ClN5O. The van der Waals surface area contributed by atoms with Crippen LogP contribution in [0.5, 0.6) is 0 Å². The summed E-state index contributed by atoms with van der Waals surface area (Å²) in [5, 5.41) is 13.1. The number of aliphatic hydroxyl groups is 1. The average Bonchev–Trinajstić information content (AvgIpc) is 3.17. The highest BCUT2D eigenvalue weighted by atomic mass is 35.5. The molecule has 0 spiro atoms. The molecule has 1 aromatic rings. The summed E-state index contributed by atoms with van der Waals surface area (Å²) in [6, 6.07) is 0. The molecule has 1 aliphatic heterocycles. The van der Waals surface area contributed by atoms with Crippen LogP contribution in [-0.2, 0) is 0 Å². The number of anilines is 2. The minimum absolute atomic E-state index is 0.0348. The van der Waals surface area contributed by atoms with Gasteiger partial charge in [-0.3, -0.25) is 0 Å². The lowest BCUT2D eigenvalue weighted by molar-refractivity contribution is 0.142.